The second-order valence-corrected chi connectivity index (χ2v) is 10.5. The van der Waals surface area contributed by atoms with E-state index in [0.717, 1.165) is 51.3 Å². The Morgan fingerprint density at radius 3 is 2.27 bits per heavy atom. The standard InChI is InChI=1S/C26H32Br2N2O3/c1-17-13-23(14-18(2)25(17)28)33-16-24(31)30(15-20-9-11-21(27)12-10-20)19(3)26(32)29-22-7-5-4-6-8-22/h9-14,19,22H,4-8,15-16H2,1-3H3,(H,29,32). The van der Waals surface area contributed by atoms with Crippen molar-refractivity contribution in [1.29, 1.82) is 0 Å². The molecular weight excluding hydrogens is 548 g/mol. The van der Waals surface area contributed by atoms with Crippen molar-refractivity contribution in [1.82, 2.24) is 10.2 Å². The van der Waals surface area contributed by atoms with E-state index in [9.17, 15) is 9.59 Å². The van der Waals surface area contributed by atoms with E-state index >= 15 is 0 Å². The molecule has 3 rings (SSSR count). The van der Waals surface area contributed by atoms with Gasteiger partial charge in [-0.2, -0.15) is 0 Å². The number of amides is 2. The highest BCUT2D eigenvalue weighted by atomic mass is 79.9. The lowest BCUT2D eigenvalue weighted by Gasteiger charge is -2.31. The van der Waals surface area contributed by atoms with Gasteiger partial charge in [-0.1, -0.05) is 63.3 Å². The largest absolute Gasteiger partial charge is 0.484 e. The van der Waals surface area contributed by atoms with Crippen molar-refractivity contribution in [2.45, 2.75) is 71.5 Å². The van der Waals surface area contributed by atoms with E-state index in [1.165, 1.54) is 6.42 Å². The number of aryl methyl sites for hydroxylation is 2. The van der Waals surface area contributed by atoms with Crippen LogP contribution in [0.3, 0.4) is 0 Å². The molecule has 1 unspecified atom stereocenters. The third kappa shape index (κ3) is 7.31. The fraction of sp³-hybridized carbons (Fsp3) is 0.462. The highest BCUT2D eigenvalue weighted by molar-refractivity contribution is 9.10. The van der Waals surface area contributed by atoms with E-state index in [2.05, 4.69) is 37.2 Å². The minimum absolute atomic E-state index is 0.109. The minimum Gasteiger partial charge on any atom is -0.484 e. The van der Waals surface area contributed by atoms with Crippen LogP contribution in [0.5, 0.6) is 5.75 Å². The van der Waals surface area contributed by atoms with Gasteiger partial charge in [0.2, 0.25) is 5.91 Å². The van der Waals surface area contributed by atoms with Crippen molar-refractivity contribution < 1.29 is 14.3 Å². The zero-order valence-electron chi connectivity index (χ0n) is 19.5. The highest BCUT2D eigenvalue weighted by Crippen LogP contribution is 2.26. The first kappa shape index (κ1) is 25.8. The Morgan fingerprint density at radius 2 is 1.67 bits per heavy atom. The highest BCUT2D eigenvalue weighted by Gasteiger charge is 2.28. The lowest BCUT2D eigenvalue weighted by molar-refractivity contribution is -0.142. The van der Waals surface area contributed by atoms with E-state index in [4.69, 9.17) is 4.74 Å². The molecule has 7 heteroatoms. The maximum absolute atomic E-state index is 13.3. The van der Waals surface area contributed by atoms with Gasteiger partial charge in [0.05, 0.1) is 0 Å². The molecule has 0 aromatic heterocycles. The van der Waals surface area contributed by atoms with E-state index in [0.29, 0.717) is 12.3 Å². The van der Waals surface area contributed by atoms with Crippen molar-refractivity contribution in [3.8, 4) is 5.75 Å². The number of nitrogens with zero attached hydrogens (tertiary/aromatic N) is 1. The maximum Gasteiger partial charge on any atom is 0.261 e. The van der Waals surface area contributed by atoms with E-state index in [-0.39, 0.29) is 24.5 Å². The Hall–Kier alpha value is -1.86. The minimum atomic E-state index is -0.597. The topological polar surface area (TPSA) is 58.6 Å². The third-order valence-corrected chi connectivity index (χ3v) is 7.94. The van der Waals surface area contributed by atoms with Gasteiger partial charge in [-0.25, -0.2) is 0 Å². The number of ether oxygens (including phenoxy) is 1. The first-order chi connectivity index (χ1) is 15.7. The average molecular weight is 580 g/mol. The Kier molecular flexibility index (Phi) is 9.38. The number of hydrogen-bond acceptors (Lipinski definition) is 3. The van der Waals surface area contributed by atoms with E-state index < -0.39 is 6.04 Å². The van der Waals surface area contributed by atoms with Crippen molar-refractivity contribution in [3.05, 3.63) is 62.0 Å². The van der Waals surface area contributed by atoms with Gasteiger partial charge in [0.1, 0.15) is 11.8 Å². The SMILES string of the molecule is Cc1cc(OCC(=O)N(Cc2ccc(Br)cc2)C(C)C(=O)NC2CCCCC2)cc(C)c1Br. The maximum atomic E-state index is 13.3. The van der Waals surface area contributed by atoms with Crippen molar-refractivity contribution in [2.75, 3.05) is 6.61 Å². The molecule has 0 saturated heterocycles. The summed E-state index contributed by atoms with van der Waals surface area (Å²) in [6, 6.07) is 11.2. The Balaban J connectivity index is 1.72. The number of carbonyl (C=O) groups is 2. The molecule has 178 valence electrons. The Bertz CT molecular complexity index is 949. The molecule has 1 aliphatic carbocycles. The average Bonchev–Trinajstić information content (AvgIpc) is 2.80. The summed E-state index contributed by atoms with van der Waals surface area (Å²) in [7, 11) is 0. The van der Waals surface area contributed by atoms with Crippen LogP contribution in [0.25, 0.3) is 0 Å². The summed E-state index contributed by atoms with van der Waals surface area (Å²) in [6.45, 7) is 5.99. The predicted octanol–water partition coefficient (Wildman–Crippen LogP) is 6.07. The molecular formula is C26H32Br2N2O3. The number of carbonyl (C=O) groups excluding carboxylic acids is 2. The molecule has 2 aromatic carbocycles. The fourth-order valence-electron chi connectivity index (χ4n) is 4.16. The van der Waals surface area contributed by atoms with Crippen LogP contribution in [0.4, 0.5) is 0 Å². The molecule has 1 atom stereocenters. The smallest absolute Gasteiger partial charge is 0.261 e. The molecule has 0 bridgehead atoms. The zero-order valence-corrected chi connectivity index (χ0v) is 22.7. The first-order valence-corrected chi connectivity index (χ1v) is 13.1. The monoisotopic (exact) mass is 578 g/mol. The van der Waals surface area contributed by atoms with Crippen LogP contribution >= 0.6 is 31.9 Å². The summed E-state index contributed by atoms with van der Waals surface area (Å²) in [5.41, 5.74) is 3.05. The molecule has 0 heterocycles. The second-order valence-electron chi connectivity index (χ2n) is 8.83. The summed E-state index contributed by atoms with van der Waals surface area (Å²) in [4.78, 5) is 27.9. The number of halogens is 2. The summed E-state index contributed by atoms with van der Waals surface area (Å²) < 4.78 is 7.85. The summed E-state index contributed by atoms with van der Waals surface area (Å²) in [5, 5.41) is 3.16. The summed E-state index contributed by atoms with van der Waals surface area (Å²) in [6.07, 6.45) is 5.51. The molecule has 2 amide bonds. The third-order valence-electron chi connectivity index (χ3n) is 6.16. The lowest BCUT2D eigenvalue weighted by Crippen LogP contribution is -2.51. The molecule has 1 fully saturated rings. The number of benzene rings is 2. The van der Waals surface area contributed by atoms with Gasteiger partial charge >= 0.3 is 0 Å². The summed E-state index contributed by atoms with van der Waals surface area (Å²) in [5.74, 6) is 0.314. The normalized spacial score (nSPS) is 15.1. The molecule has 1 aliphatic rings. The van der Waals surface area contributed by atoms with Crippen LogP contribution in [0.15, 0.2) is 45.3 Å². The van der Waals surface area contributed by atoms with Gasteiger partial charge < -0.3 is 15.0 Å². The van der Waals surface area contributed by atoms with Crippen LogP contribution in [0.1, 0.15) is 55.7 Å². The van der Waals surface area contributed by atoms with Gasteiger partial charge in [0, 0.05) is 21.5 Å². The molecule has 5 nitrogen and oxygen atoms in total. The lowest BCUT2D eigenvalue weighted by atomic mass is 9.95. The van der Waals surface area contributed by atoms with Crippen LogP contribution in [-0.2, 0) is 16.1 Å². The first-order valence-electron chi connectivity index (χ1n) is 11.5. The zero-order chi connectivity index (χ0) is 24.0. The second kappa shape index (κ2) is 12.0. The van der Waals surface area contributed by atoms with Gasteiger partial charge in [-0.05, 0) is 74.6 Å². The van der Waals surface area contributed by atoms with E-state index in [1.54, 1.807) is 11.8 Å². The van der Waals surface area contributed by atoms with Crippen LogP contribution < -0.4 is 10.1 Å². The molecule has 0 aliphatic heterocycles. The molecule has 0 radical (unpaired) electrons. The quantitative estimate of drug-likeness (QED) is 0.413. The number of nitrogens with one attached hydrogen (secondary N) is 1. The number of rotatable bonds is 8. The van der Waals surface area contributed by atoms with Gasteiger partial charge in [-0.3, -0.25) is 9.59 Å². The molecule has 1 N–H and O–H groups in total. The number of hydrogen-bond donors (Lipinski definition) is 1. The van der Waals surface area contributed by atoms with Gasteiger partial charge in [0.15, 0.2) is 6.61 Å². The molecule has 0 spiro atoms. The molecule has 33 heavy (non-hydrogen) atoms. The Morgan fingerprint density at radius 1 is 1.06 bits per heavy atom. The van der Waals surface area contributed by atoms with Crippen LogP contribution in [0.2, 0.25) is 0 Å². The molecule has 1 saturated carbocycles. The van der Waals surface area contributed by atoms with E-state index in [1.807, 2.05) is 50.2 Å². The van der Waals surface area contributed by atoms with Crippen molar-refractivity contribution in [2.24, 2.45) is 0 Å². The van der Waals surface area contributed by atoms with Gasteiger partial charge in [-0.15, -0.1) is 0 Å². The van der Waals surface area contributed by atoms with Crippen molar-refractivity contribution >= 4 is 43.7 Å². The predicted molar refractivity (Wildman–Crippen MR) is 138 cm³/mol. The Labute approximate surface area is 213 Å². The van der Waals surface area contributed by atoms with Crippen LogP contribution in [-0.4, -0.2) is 35.4 Å². The molecule has 2 aromatic rings. The van der Waals surface area contributed by atoms with Gasteiger partial charge in [0.25, 0.3) is 5.91 Å². The fourth-order valence-corrected chi connectivity index (χ4v) is 4.65. The van der Waals surface area contributed by atoms with Crippen LogP contribution in [0, 0.1) is 13.8 Å². The van der Waals surface area contributed by atoms with Crippen molar-refractivity contribution in [3.63, 3.8) is 0 Å². The summed E-state index contributed by atoms with van der Waals surface area (Å²) >= 11 is 7.00.